The molecule has 0 spiro atoms. The second kappa shape index (κ2) is 6.15. The molecule has 0 atom stereocenters. The number of halogens is 2. The van der Waals surface area contributed by atoms with Gasteiger partial charge >= 0.3 is 5.69 Å². The molecule has 1 aliphatic rings. The zero-order valence-corrected chi connectivity index (χ0v) is 11.6. The second-order valence-corrected chi connectivity index (χ2v) is 5.47. The lowest BCUT2D eigenvalue weighted by molar-refractivity contribution is -0.387. The molecule has 0 unspecified atom stereocenters. The summed E-state index contributed by atoms with van der Waals surface area (Å²) in [5.41, 5.74) is -1.65. The van der Waals surface area contributed by atoms with Crippen LogP contribution in [0.1, 0.15) is 43.0 Å². The SMILES string of the molecule is CC1CCC(NC(=O)c2cc(F)cc([N+](=O)[O-])c2F)CC1. The Balaban J connectivity index is 2.17. The summed E-state index contributed by atoms with van der Waals surface area (Å²) in [6.07, 6.45) is 3.45. The van der Waals surface area contributed by atoms with E-state index < -0.39 is 33.7 Å². The molecule has 0 radical (unpaired) electrons. The highest BCUT2D eigenvalue weighted by Gasteiger charge is 2.26. The summed E-state index contributed by atoms with van der Waals surface area (Å²) in [6.45, 7) is 2.12. The number of benzene rings is 1. The number of nitrogens with one attached hydrogen (secondary N) is 1. The molecule has 21 heavy (non-hydrogen) atoms. The average Bonchev–Trinajstić information content (AvgIpc) is 2.43. The maximum absolute atomic E-state index is 13.9. The van der Waals surface area contributed by atoms with Gasteiger partial charge in [-0.1, -0.05) is 6.92 Å². The highest BCUT2D eigenvalue weighted by molar-refractivity contribution is 5.95. The van der Waals surface area contributed by atoms with Crippen LogP contribution < -0.4 is 5.32 Å². The quantitative estimate of drug-likeness (QED) is 0.688. The minimum absolute atomic E-state index is 0.101. The number of carbonyl (C=O) groups is 1. The normalized spacial score (nSPS) is 21.9. The molecule has 0 bridgehead atoms. The van der Waals surface area contributed by atoms with Gasteiger partial charge in [0.25, 0.3) is 5.91 Å². The van der Waals surface area contributed by atoms with Gasteiger partial charge in [-0.25, -0.2) is 4.39 Å². The van der Waals surface area contributed by atoms with E-state index in [1.54, 1.807) is 0 Å². The lowest BCUT2D eigenvalue weighted by atomic mass is 9.87. The summed E-state index contributed by atoms with van der Waals surface area (Å²) in [7, 11) is 0. The van der Waals surface area contributed by atoms with E-state index in [0.717, 1.165) is 25.7 Å². The molecular formula is C14H16F2N2O3. The highest BCUT2D eigenvalue weighted by Crippen LogP contribution is 2.25. The number of carbonyl (C=O) groups excluding carboxylic acids is 1. The van der Waals surface area contributed by atoms with E-state index >= 15 is 0 Å². The Morgan fingerprint density at radius 3 is 2.48 bits per heavy atom. The minimum Gasteiger partial charge on any atom is -0.349 e. The fourth-order valence-electron chi connectivity index (χ4n) is 2.54. The van der Waals surface area contributed by atoms with E-state index in [9.17, 15) is 23.7 Å². The molecule has 0 saturated heterocycles. The summed E-state index contributed by atoms with van der Waals surface area (Å²) >= 11 is 0. The highest BCUT2D eigenvalue weighted by atomic mass is 19.1. The van der Waals surface area contributed by atoms with Crippen molar-refractivity contribution in [3.63, 3.8) is 0 Å². The number of hydrogen-bond donors (Lipinski definition) is 1. The molecular weight excluding hydrogens is 282 g/mol. The number of nitro groups is 1. The Morgan fingerprint density at radius 2 is 1.90 bits per heavy atom. The standard InChI is InChI=1S/C14H16F2N2O3/c1-8-2-4-10(5-3-8)17-14(19)11-6-9(15)7-12(13(11)16)18(20)21/h6-8,10H,2-5H2,1H3,(H,17,19). The molecule has 1 fully saturated rings. The number of nitrogens with zero attached hydrogens (tertiary/aromatic N) is 1. The van der Waals surface area contributed by atoms with Crippen molar-refractivity contribution in [3.05, 3.63) is 39.4 Å². The molecule has 1 aliphatic carbocycles. The van der Waals surface area contributed by atoms with Crippen molar-refractivity contribution in [2.45, 2.75) is 38.6 Å². The zero-order valence-electron chi connectivity index (χ0n) is 11.6. The van der Waals surface area contributed by atoms with E-state index in [0.29, 0.717) is 18.1 Å². The summed E-state index contributed by atoms with van der Waals surface area (Å²) in [4.78, 5) is 21.6. The zero-order chi connectivity index (χ0) is 15.6. The second-order valence-electron chi connectivity index (χ2n) is 5.47. The van der Waals surface area contributed by atoms with Gasteiger partial charge in [0.1, 0.15) is 5.82 Å². The molecule has 0 aromatic heterocycles. The molecule has 1 saturated carbocycles. The van der Waals surface area contributed by atoms with Gasteiger partial charge in [-0.3, -0.25) is 14.9 Å². The van der Waals surface area contributed by atoms with Gasteiger partial charge in [0.15, 0.2) is 0 Å². The molecule has 2 rings (SSSR count). The summed E-state index contributed by atoms with van der Waals surface area (Å²) in [6, 6.07) is 1.05. The largest absolute Gasteiger partial charge is 0.349 e. The van der Waals surface area contributed by atoms with Crippen molar-refractivity contribution in [1.29, 1.82) is 0 Å². The Morgan fingerprint density at radius 1 is 1.29 bits per heavy atom. The van der Waals surface area contributed by atoms with Crippen LogP contribution in [-0.4, -0.2) is 16.9 Å². The van der Waals surface area contributed by atoms with Gasteiger partial charge in [-0.2, -0.15) is 4.39 Å². The maximum atomic E-state index is 13.9. The number of amides is 1. The Hall–Kier alpha value is -2.05. The van der Waals surface area contributed by atoms with Crippen LogP contribution in [0.15, 0.2) is 12.1 Å². The molecule has 1 aromatic carbocycles. The number of hydrogen-bond acceptors (Lipinski definition) is 3. The topological polar surface area (TPSA) is 72.2 Å². The Labute approximate surface area is 120 Å². The van der Waals surface area contributed by atoms with Crippen molar-refractivity contribution < 1.29 is 18.5 Å². The van der Waals surface area contributed by atoms with Crippen LogP contribution in [0.3, 0.4) is 0 Å². The molecule has 114 valence electrons. The third kappa shape index (κ3) is 3.53. The third-order valence-electron chi connectivity index (χ3n) is 3.81. The first-order valence-electron chi connectivity index (χ1n) is 6.82. The molecule has 1 aromatic rings. The van der Waals surface area contributed by atoms with Gasteiger partial charge in [0, 0.05) is 6.04 Å². The first-order chi connectivity index (χ1) is 9.88. The first-order valence-corrected chi connectivity index (χ1v) is 6.82. The predicted molar refractivity (Wildman–Crippen MR) is 71.9 cm³/mol. The summed E-state index contributed by atoms with van der Waals surface area (Å²) in [5.74, 6) is -2.53. The van der Waals surface area contributed by atoms with Crippen LogP contribution in [0, 0.1) is 27.7 Å². The van der Waals surface area contributed by atoms with Crippen LogP contribution in [0.4, 0.5) is 14.5 Å². The average molecular weight is 298 g/mol. The van der Waals surface area contributed by atoms with Gasteiger partial charge in [-0.05, 0) is 37.7 Å². The molecule has 0 aliphatic heterocycles. The maximum Gasteiger partial charge on any atom is 0.308 e. The van der Waals surface area contributed by atoms with Crippen LogP contribution in [0.25, 0.3) is 0 Å². The van der Waals surface area contributed by atoms with Gasteiger partial charge in [0.2, 0.25) is 5.82 Å². The lowest BCUT2D eigenvalue weighted by Gasteiger charge is -2.26. The fourth-order valence-corrected chi connectivity index (χ4v) is 2.54. The van der Waals surface area contributed by atoms with E-state index in [-0.39, 0.29) is 6.04 Å². The van der Waals surface area contributed by atoms with E-state index in [4.69, 9.17) is 0 Å². The Bertz CT molecular complexity index is 570. The van der Waals surface area contributed by atoms with Crippen LogP contribution in [0.2, 0.25) is 0 Å². The van der Waals surface area contributed by atoms with Crippen LogP contribution in [-0.2, 0) is 0 Å². The summed E-state index contributed by atoms with van der Waals surface area (Å²) < 4.78 is 27.2. The third-order valence-corrected chi connectivity index (χ3v) is 3.81. The predicted octanol–water partition coefficient (Wildman–Crippen LogP) is 3.18. The van der Waals surface area contributed by atoms with Crippen molar-refractivity contribution in [3.8, 4) is 0 Å². The number of rotatable bonds is 3. The minimum atomic E-state index is -1.30. The molecule has 7 heteroatoms. The Kier molecular flexibility index (Phi) is 4.50. The van der Waals surface area contributed by atoms with Gasteiger partial charge in [-0.15, -0.1) is 0 Å². The summed E-state index contributed by atoms with van der Waals surface area (Å²) in [5, 5.41) is 13.3. The number of nitro benzene ring substituents is 1. The van der Waals surface area contributed by atoms with E-state index in [2.05, 4.69) is 12.2 Å². The molecule has 1 amide bonds. The first kappa shape index (κ1) is 15.3. The molecule has 1 N–H and O–H groups in total. The van der Waals surface area contributed by atoms with Gasteiger partial charge < -0.3 is 5.32 Å². The van der Waals surface area contributed by atoms with Crippen molar-refractivity contribution in [2.75, 3.05) is 0 Å². The molecule has 5 nitrogen and oxygen atoms in total. The monoisotopic (exact) mass is 298 g/mol. The van der Waals surface area contributed by atoms with E-state index in [1.807, 2.05) is 0 Å². The smallest absolute Gasteiger partial charge is 0.308 e. The van der Waals surface area contributed by atoms with Crippen molar-refractivity contribution in [1.82, 2.24) is 5.32 Å². The fraction of sp³-hybridized carbons (Fsp3) is 0.500. The van der Waals surface area contributed by atoms with Crippen LogP contribution >= 0.6 is 0 Å². The molecule has 0 heterocycles. The van der Waals surface area contributed by atoms with E-state index in [1.165, 1.54) is 0 Å². The van der Waals surface area contributed by atoms with Crippen LogP contribution in [0.5, 0.6) is 0 Å². The van der Waals surface area contributed by atoms with Crippen molar-refractivity contribution >= 4 is 11.6 Å². The van der Waals surface area contributed by atoms with Gasteiger partial charge in [0.05, 0.1) is 16.6 Å². The lowest BCUT2D eigenvalue weighted by Crippen LogP contribution is -2.37. The van der Waals surface area contributed by atoms with Crippen molar-refractivity contribution in [2.24, 2.45) is 5.92 Å².